The maximum Gasteiger partial charge on any atom is 0.184 e. The SMILES string of the molecule is C/C=C/C(=O)C(O)C1CCCCC1. The second kappa shape index (κ2) is 5.18. The molecule has 1 saturated carbocycles. The van der Waals surface area contributed by atoms with E-state index in [-0.39, 0.29) is 11.7 Å². The molecule has 1 unspecified atom stereocenters. The van der Waals surface area contributed by atoms with Gasteiger partial charge in [0.1, 0.15) is 6.10 Å². The number of allylic oxidation sites excluding steroid dienone is 1. The molecule has 0 aliphatic heterocycles. The molecule has 1 N–H and O–H groups in total. The van der Waals surface area contributed by atoms with E-state index in [1.807, 2.05) is 0 Å². The molecule has 1 aliphatic rings. The van der Waals surface area contributed by atoms with E-state index in [2.05, 4.69) is 0 Å². The van der Waals surface area contributed by atoms with Gasteiger partial charge in [0.25, 0.3) is 0 Å². The van der Waals surface area contributed by atoms with Crippen LogP contribution in [0.15, 0.2) is 12.2 Å². The normalized spacial score (nSPS) is 22.0. The number of aliphatic hydroxyl groups is 1. The summed E-state index contributed by atoms with van der Waals surface area (Å²) in [5.41, 5.74) is 0. The molecular formula is C11H18O2. The lowest BCUT2D eigenvalue weighted by atomic mass is 9.84. The van der Waals surface area contributed by atoms with Gasteiger partial charge >= 0.3 is 0 Å². The van der Waals surface area contributed by atoms with Crippen LogP contribution in [0.4, 0.5) is 0 Å². The lowest BCUT2D eigenvalue weighted by molar-refractivity contribution is -0.125. The second-order valence-corrected chi connectivity index (χ2v) is 3.75. The molecule has 0 aromatic rings. The first-order chi connectivity index (χ1) is 6.25. The van der Waals surface area contributed by atoms with Crippen molar-refractivity contribution in [2.45, 2.75) is 45.1 Å². The first-order valence-electron chi connectivity index (χ1n) is 5.10. The third kappa shape index (κ3) is 2.96. The molecule has 2 nitrogen and oxygen atoms in total. The van der Waals surface area contributed by atoms with Crippen molar-refractivity contribution in [2.75, 3.05) is 0 Å². The van der Waals surface area contributed by atoms with Gasteiger partial charge in [-0.25, -0.2) is 0 Å². The van der Waals surface area contributed by atoms with Crippen molar-refractivity contribution in [3.63, 3.8) is 0 Å². The van der Waals surface area contributed by atoms with Crippen LogP contribution in [-0.2, 0) is 4.79 Å². The number of rotatable bonds is 3. The van der Waals surface area contributed by atoms with E-state index in [4.69, 9.17) is 0 Å². The molecule has 0 bridgehead atoms. The number of carbonyl (C=O) groups excluding carboxylic acids is 1. The summed E-state index contributed by atoms with van der Waals surface area (Å²) in [6.45, 7) is 1.80. The highest BCUT2D eigenvalue weighted by Crippen LogP contribution is 2.26. The molecule has 1 atom stereocenters. The fourth-order valence-electron chi connectivity index (χ4n) is 1.95. The van der Waals surface area contributed by atoms with Gasteiger partial charge in [-0.3, -0.25) is 4.79 Å². The zero-order chi connectivity index (χ0) is 9.68. The minimum atomic E-state index is -0.753. The van der Waals surface area contributed by atoms with Gasteiger partial charge in [-0.05, 0) is 31.8 Å². The van der Waals surface area contributed by atoms with Crippen molar-refractivity contribution < 1.29 is 9.90 Å². The van der Waals surface area contributed by atoms with Gasteiger partial charge in [-0.15, -0.1) is 0 Å². The average molecular weight is 182 g/mol. The van der Waals surface area contributed by atoms with E-state index in [9.17, 15) is 9.90 Å². The fraction of sp³-hybridized carbons (Fsp3) is 0.727. The molecule has 1 rings (SSSR count). The molecule has 13 heavy (non-hydrogen) atoms. The molecular weight excluding hydrogens is 164 g/mol. The van der Waals surface area contributed by atoms with Crippen LogP contribution in [0.5, 0.6) is 0 Å². The van der Waals surface area contributed by atoms with Crippen molar-refractivity contribution in [2.24, 2.45) is 5.92 Å². The summed E-state index contributed by atoms with van der Waals surface area (Å²) in [5.74, 6) is 0.0758. The van der Waals surface area contributed by atoms with Crippen LogP contribution in [0.3, 0.4) is 0 Å². The van der Waals surface area contributed by atoms with Gasteiger partial charge in [0.05, 0.1) is 0 Å². The van der Waals surface area contributed by atoms with Gasteiger partial charge in [0, 0.05) is 0 Å². The molecule has 0 spiro atoms. The molecule has 2 heteroatoms. The van der Waals surface area contributed by atoms with E-state index >= 15 is 0 Å². The fourth-order valence-corrected chi connectivity index (χ4v) is 1.95. The van der Waals surface area contributed by atoms with E-state index in [1.165, 1.54) is 12.5 Å². The average Bonchev–Trinajstić information content (AvgIpc) is 2.18. The monoisotopic (exact) mass is 182 g/mol. The summed E-state index contributed by atoms with van der Waals surface area (Å²) in [4.78, 5) is 11.3. The van der Waals surface area contributed by atoms with Crippen molar-refractivity contribution >= 4 is 5.78 Å². The van der Waals surface area contributed by atoms with Crippen LogP contribution in [0, 0.1) is 5.92 Å². The highest BCUT2D eigenvalue weighted by molar-refractivity contribution is 5.93. The largest absolute Gasteiger partial charge is 0.385 e. The number of hydrogen-bond donors (Lipinski definition) is 1. The highest BCUT2D eigenvalue weighted by Gasteiger charge is 2.25. The maximum atomic E-state index is 11.3. The van der Waals surface area contributed by atoms with Gasteiger partial charge in [-0.1, -0.05) is 25.3 Å². The summed E-state index contributed by atoms with van der Waals surface area (Å²) in [7, 11) is 0. The maximum absolute atomic E-state index is 11.3. The Morgan fingerprint density at radius 2 is 2.00 bits per heavy atom. The minimum absolute atomic E-state index is 0.130. The Morgan fingerprint density at radius 1 is 1.38 bits per heavy atom. The number of aliphatic hydroxyl groups excluding tert-OH is 1. The topological polar surface area (TPSA) is 37.3 Å². The number of carbonyl (C=O) groups is 1. The van der Waals surface area contributed by atoms with Crippen molar-refractivity contribution in [3.05, 3.63) is 12.2 Å². The van der Waals surface area contributed by atoms with Crippen LogP contribution in [0.2, 0.25) is 0 Å². The van der Waals surface area contributed by atoms with Crippen molar-refractivity contribution in [1.82, 2.24) is 0 Å². The minimum Gasteiger partial charge on any atom is -0.385 e. The van der Waals surface area contributed by atoms with Crippen LogP contribution >= 0.6 is 0 Å². The van der Waals surface area contributed by atoms with Crippen LogP contribution in [0.25, 0.3) is 0 Å². The third-order valence-electron chi connectivity index (χ3n) is 2.72. The van der Waals surface area contributed by atoms with Crippen LogP contribution < -0.4 is 0 Å². The zero-order valence-corrected chi connectivity index (χ0v) is 8.20. The van der Waals surface area contributed by atoms with Crippen molar-refractivity contribution in [3.8, 4) is 0 Å². The Hall–Kier alpha value is -0.630. The quantitative estimate of drug-likeness (QED) is 0.678. The zero-order valence-electron chi connectivity index (χ0n) is 8.20. The highest BCUT2D eigenvalue weighted by atomic mass is 16.3. The second-order valence-electron chi connectivity index (χ2n) is 3.75. The lowest BCUT2D eigenvalue weighted by Crippen LogP contribution is -2.29. The van der Waals surface area contributed by atoms with E-state index < -0.39 is 6.10 Å². The summed E-state index contributed by atoms with van der Waals surface area (Å²) in [5, 5.41) is 9.67. The Morgan fingerprint density at radius 3 is 2.54 bits per heavy atom. The molecule has 0 amide bonds. The van der Waals surface area contributed by atoms with Crippen molar-refractivity contribution in [1.29, 1.82) is 0 Å². The van der Waals surface area contributed by atoms with Gasteiger partial charge in [0.2, 0.25) is 0 Å². The molecule has 74 valence electrons. The van der Waals surface area contributed by atoms with E-state index in [0.29, 0.717) is 0 Å². The summed E-state index contributed by atoms with van der Waals surface area (Å²) in [6.07, 6.45) is 7.98. The first-order valence-corrected chi connectivity index (χ1v) is 5.10. The molecule has 1 aliphatic carbocycles. The molecule has 0 aromatic carbocycles. The summed E-state index contributed by atoms with van der Waals surface area (Å²) >= 11 is 0. The summed E-state index contributed by atoms with van der Waals surface area (Å²) in [6, 6.07) is 0. The molecule has 0 saturated heterocycles. The third-order valence-corrected chi connectivity index (χ3v) is 2.72. The predicted octanol–water partition coefficient (Wildman–Crippen LogP) is 2.07. The smallest absolute Gasteiger partial charge is 0.184 e. The molecule has 1 fully saturated rings. The summed E-state index contributed by atoms with van der Waals surface area (Å²) < 4.78 is 0. The standard InChI is InChI=1S/C11H18O2/c1-2-6-10(12)11(13)9-7-4-3-5-8-9/h2,6,9,11,13H,3-5,7-8H2,1H3/b6-2+. The molecule has 0 radical (unpaired) electrons. The Labute approximate surface area is 79.6 Å². The van der Waals surface area contributed by atoms with Crippen LogP contribution in [0.1, 0.15) is 39.0 Å². The first kappa shape index (κ1) is 10.5. The van der Waals surface area contributed by atoms with Gasteiger partial charge in [-0.2, -0.15) is 0 Å². The Kier molecular flexibility index (Phi) is 4.16. The Bertz CT molecular complexity index is 190. The number of ketones is 1. The lowest BCUT2D eigenvalue weighted by Gasteiger charge is -2.24. The van der Waals surface area contributed by atoms with Gasteiger partial charge < -0.3 is 5.11 Å². The predicted molar refractivity (Wildman–Crippen MR) is 52.4 cm³/mol. The van der Waals surface area contributed by atoms with Crippen LogP contribution in [-0.4, -0.2) is 17.0 Å². The Balaban J connectivity index is 2.44. The number of hydrogen-bond acceptors (Lipinski definition) is 2. The van der Waals surface area contributed by atoms with Gasteiger partial charge in [0.15, 0.2) is 5.78 Å². The molecule has 0 aromatic heterocycles. The van der Waals surface area contributed by atoms with E-state index in [1.54, 1.807) is 13.0 Å². The van der Waals surface area contributed by atoms with E-state index in [0.717, 1.165) is 25.7 Å². The molecule has 0 heterocycles.